The third-order valence-electron chi connectivity index (χ3n) is 2.84. The van der Waals surface area contributed by atoms with Gasteiger partial charge in [0.2, 0.25) is 5.60 Å². The predicted octanol–water partition coefficient (Wildman–Crippen LogP) is 3.74. The molecule has 3 nitrogen and oxygen atoms in total. The Labute approximate surface area is 117 Å². The number of hydrogen-bond donors (Lipinski definition) is 0. The van der Waals surface area contributed by atoms with Gasteiger partial charge in [-0.1, -0.05) is 54.1 Å². The van der Waals surface area contributed by atoms with E-state index in [1.165, 1.54) is 0 Å². The van der Waals surface area contributed by atoms with E-state index in [1.807, 2.05) is 6.07 Å². The van der Waals surface area contributed by atoms with Crippen LogP contribution in [0.25, 0.3) is 0 Å². The fourth-order valence-corrected chi connectivity index (χ4v) is 2.43. The summed E-state index contributed by atoms with van der Waals surface area (Å²) < 4.78 is 16.2. The van der Waals surface area contributed by atoms with Crippen molar-refractivity contribution in [3.8, 4) is 0 Å². The Morgan fingerprint density at radius 1 is 1.00 bits per heavy atom. The average Bonchev–Trinajstić information content (AvgIpc) is 2.47. The second-order valence-electron chi connectivity index (χ2n) is 3.91. The fourth-order valence-electron chi connectivity index (χ4n) is 1.89. The highest BCUT2D eigenvalue weighted by Crippen LogP contribution is 2.35. The third kappa shape index (κ3) is 2.74. The van der Waals surface area contributed by atoms with E-state index >= 15 is 0 Å². The van der Waals surface area contributed by atoms with Crippen LogP contribution in [0, 0.1) is 0 Å². The van der Waals surface area contributed by atoms with Gasteiger partial charge in [0.05, 0.1) is 0 Å². The van der Waals surface area contributed by atoms with Gasteiger partial charge in [0, 0.05) is 16.1 Å². The summed E-state index contributed by atoms with van der Waals surface area (Å²) in [5, 5.41) is 0.557. The molecule has 2 unspecified atom stereocenters. The fraction of sp³-hybridized carbons (Fsp3) is 0.0714. The third-order valence-corrected chi connectivity index (χ3v) is 3.50. The Balaban J connectivity index is 2.60. The van der Waals surface area contributed by atoms with E-state index in [0.717, 1.165) is 0 Å². The lowest BCUT2D eigenvalue weighted by Crippen LogP contribution is -2.30. The summed E-state index contributed by atoms with van der Waals surface area (Å²) in [6, 6.07) is 15.6. The zero-order valence-electron chi connectivity index (χ0n) is 9.88. The maximum absolute atomic E-state index is 11.6. The van der Waals surface area contributed by atoms with Crippen molar-refractivity contribution in [1.29, 1.82) is 0 Å². The summed E-state index contributed by atoms with van der Waals surface area (Å²) in [5.74, 6) is 0. The number of halogens is 1. The molecule has 0 fully saturated rings. The number of carbonyl (C=O) groups excluding carboxylic acids is 1. The van der Waals surface area contributed by atoms with Gasteiger partial charge >= 0.3 is 8.69 Å². The number of benzene rings is 2. The van der Waals surface area contributed by atoms with E-state index in [2.05, 4.69) is 0 Å². The smallest absolute Gasteiger partial charge is 0.299 e. The molecule has 0 bridgehead atoms. The Bertz CT molecular complexity index is 571. The van der Waals surface area contributed by atoms with Crippen molar-refractivity contribution in [2.45, 2.75) is 5.60 Å². The number of carbonyl (C=O) groups is 1. The minimum atomic E-state index is -1.37. The molecule has 0 aliphatic heterocycles. The number of rotatable bonds is 5. The second kappa shape index (κ2) is 6.07. The molecule has 0 N–H and O–H groups in total. The first-order chi connectivity index (χ1) is 9.23. The van der Waals surface area contributed by atoms with E-state index in [4.69, 9.17) is 16.1 Å². The molecule has 19 heavy (non-hydrogen) atoms. The van der Waals surface area contributed by atoms with Gasteiger partial charge in [0.1, 0.15) is 0 Å². The molecule has 2 aromatic carbocycles. The molecule has 2 rings (SSSR count). The van der Waals surface area contributed by atoms with E-state index in [9.17, 15) is 9.36 Å². The van der Waals surface area contributed by atoms with Crippen molar-refractivity contribution >= 4 is 26.6 Å². The van der Waals surface area contributed by atoms with Crippen LogP contribution in [0.2, 0.25) is 5.02 Å². The summed E-state index contributed by atoms with van der Waals surface area (Å²) >= 11 is 5.84. The molecule has 0 aromatic heterocycles. The molecule has 2 aromatic rings. The standard InChI is InChI=1S/C14H11ClO3P/c15-13-8-6-12(7-9-13)14(10-16,18-19-17)11-4-2-1-3-5-11/h1-10,19H/q+1. The summed E-state index contributed by atoms with van der Waals surface area (Å²) in [7, 11) is -1.05. The zero-order valence-corrected chi connectivity index (χ0v) is 11.6. The number of aldehydes is 1. The van der Waals surface area contributed by atoms with Gasteiger partial charge in [0.25, 0.3) is 0 Å². The van der Waals surface area contributed by atoms with Crippen molar-refractivity contribution in [3.05, 3.63) is 70.7 Å². The van der Waals surface area contributed by atoms with Crippen LogP contribution in [0.3, 0.4) is 0 Å². The van der Waals surface area contributed by atoms with Crippen molar-refractivity contribution < 1.29 is 13.9 Å². The first kappa shape index (κ1) is 13.9. The topological polar surface area (TPSA) is 43.4 Å². The minimum Gasteiger partial charge on any atom is -0.299 e. The van der Waals surface area contributed by atoms with Gasteiger partial charge in [-0.25, -0.2) is 0 Å². The predicted molar refractivity (Wildman–Crippen MR) is 74.8 cm³/mol. The lowest BCUT2D eigenvalue weighted by atomic mass is 9.88. The lowest BCUT2D eigenvalue weighted by Gasteiger charge is -2.22. The van der Waals surface area contributed by atoms with Crippen LogP contribution in [-0.2, 0) is 19.5 Å². The number of hydrogen-bond acceptors (Lipinski definition) is 3. The van der Waals surface area contributed by atoms with Crippen molar-refractivity contribution in [3.63, 3.8) is 0 Å². The molecular formula is C14H11ClO3P+. The molecule has 0 heterocycles. The Kier molecular flexibility index (Phi) is 4.43. The molecule has 0 amide bonds. The van der Waals surface area contributed by atoms with Crippen LogP contribution >= 0.6 is 20.3 Å². The van der Waals surface area contributed by atoms with Crippen LogP contribution in [0.5, 0.6) is 0 Å². The van der Waals surface area contributed by atoms with E-state index < -0.39 is 14.3 Å². The molecular weight excluding hydrogens is 283 g/mol. The minimum absolute atomic E-state index is 0.557. The van der Waals surface area contributed by atoms with Gasteiger partial charge in [-0.15, -0.1) is 4.52 Å². The SMILES string of the molecule is O=CC(O[PH+]=O)(c1ccccc1)c1ccc(Cl)cc1. The molecule has 0 saturated carbocycles. The molecule has 0 aliphatic rings. The summed E-state index contributed by atoms with van der Waals surface area (Å²) in [5.41, 5.74) is -0.163. The first-order valence-electron chi connectivity index (χ1n) is 5.56. The highest BCUT2D eigenvalue weighted by atomic mass is 35.5. The maximum atomic E-state index is 11.6. The van der Waals surface area contributed by atoms with Gasteiger partial charge in [-0.2, -0.15) is 0 Å². The molecule has 5 heteroatoms. The van der Waals surface area contributed by atoms with E-state index in [-0.39, 0.29) is 0 Å². The van der Waals surface area contributed by atoms with Crippen LogP contribution in [0.1, 0.15) is 11.1 Å². The molecule has 0 aliphatic carbocycles. The Hall–Kier alpha value is -1.54. The van der Waals surface area contributed by atoms with Crippen molar-refractivity contribution in [1.82, 2.24) is 0 Å². The zero-order chi connectivity index (χ0) is 13.7. The molecule has 0 saturated heterocycles. The summed E-state index contributed by atoms with van der Waals surface area (Å²) in [4.78, 5) is 11.6. The monoisotopic (exact) mass is 293 g/mol. The second-order valence-corrected chi connectivity index (χ2v) is 4.72. The maximum Gasteiger partial charge on any atom is 0.495 e. The first-order valence-corrected chi connectivity index (χ1v) is 6.75. The van der Waals surface area contributed by atoms with Crippen LogP contribution < -0.4 is 0 Å². The molecule has 96 valence electrons. The average molecular weight is 294 g/mol. The van der Waals surface area contributed by atoms with Crippen LogP contribution in [-0.4, -0.2) is 6.29 Å². The van der Waals surface area contributed by atoms with Crippen LogP contribution in [0.15, 0.2) is 54.6 Å². The van der Waals surface area contributed by atoms with Crippen molar-refractivity contribution in [2.75, 3.05) is 0 Å². The summed E-state index contributed by atoms with van der Waals surface area (Å²) in [6.07, 6.45) is 0.649. The Morgan fingerprint density at radius 3 is 2.11 bits per heavy atom. The largest absolute Gasteiger partial charge is 0.495 e. The van der Waals surface area contributed by atoms with Gasteiger partial charge in [0.15, 0.2) is 6.29 Å². The molecule has 2 atom stereocenters. The van der Waals surface area contributed by atoms with Gasteiger partial charge < -0.3 is 0 Å². The van der Waals surface area contributed by atoms with Gasteiger partial charge in [-0.3, -0.25) is 4.79 Å². The highest BCUT2D eigenvalue weighted by molar-refractivity contribution is 7.17. The lowest BCUT2D eigenvalue weighted by molar-refractivity contribution is -0.118. The Morgan fingerprint density at radius 2 is 1.58 bits per heavy atom. The van der Waals surface area contributed by atoms with E-state index in [0.29, 0.717) is 22.4 Å². The van der Waals surface area contributed by atoms with Gasteiger partial charge in [-0.05, 0) is 16.7 Å². The molecule has 0 spiro atoms. The van der Waals surface area contributed by atoms with Crippen LogP contribution in [0.4, 0.5) is 0 Å². The summed E-state index contributed by atoms with van der Waals surface area (Å²) in [6.45, 7) is 0. The normalized spacial score (nSPS) is 13.9. The van der Waals surface area contributed by atoms with Crippen molar-refractivity contribution in [2.24, 2.45) is 0 Å². The molecule has 0 radical (unpaired) electrons. The quantitative estimate of drug-likeness (QED) is 0.623. The van der Waals surface area contributed by atoms with E-state index in [1.54, 1.807) is 48.5 Å². The highest BCUT2D eigenvalue weighted by Gasteiger charge is 2.39.